The summed E-state index contributed by atoms with van der Waals surface area (Å²) in [6.45, 7) is 4.14. The summed E-state index contributed by atoms with van der Waals surface area (Å²) in [6, 6.07) is 7.74. The van der Waals surface area contributed by atoms with Gasteiger partial charge in [0.1, 0.15) is 5.75 Å². The summed E-state index contributed by atoms with van der Waals surface area (Å²) < 4.78 is 12.5. The molecule has 0 bridgehead atoms. The van der Waals surface area contributed by atoms with Crippen molar-refractivity contribution in [2.24, 2.45) is 11.7 Å². The Bertz CT molecular complexity index is 671. The van der Waals surface area contributed by atoms with Gasteiger partial charge in [0.2, 0.25) is 0 Å². The van der Waals surface area contributed by atoms with Gasteiger partial charge in [0.25, 0.3) is 5.89 Å². The minimum absolute atomic E-state index is 0. The van der Waals surface area contributed by atoms with Crippen LogP contribution < -0.4 is 10.5 Å². The molecular weight excluding hydrogens is 394 g/mol. The molecule has 1 aliphatic rings. The van der Waals surface area contributed by atoms with Crippen molar-refractivity contribution in [2.75, 3.05) is 0 Å². The summed E-state index contributed by atoms with van der Waals surface area (Å²) in [5, 5.41) is 4.13. The minimum atomic E-state index is -0.448. The zero-order valence-electron chi connectivity index (χ0n) is 13.9. The van der Waals surface area contributed by atoms with Crippen LogP contribution >= 0.6 is 28.3 Å². The van der Waals surface area contributed by atoms with Crippen molar-refractivity contribution in [1.82, 2.24) is 10.1 Å². The fourth-order valence-electron chi connectivity index (χ4n) is 2.93. The first-order valence-electron chi connectivity index (χ1n) is 8.04. The van der Waals surface area contributed by atoms with Gasteiger partial charge in [0.15, 0.2) is 11.9 Å². The molecule has 1 saturated carbocycles. The van der Waals surface area contributed by atoms with Crippen molar-refractivity contribution in [3.63, 3.8) is 0 Å². The van der Waals surface area contributed by atoms with E-state index in [1.165, 1.54) is 0 Å². The molecule has 132 valence electrons. The summed E-state index contributed by atoms with van der Waals surface area (Å²) in [4.78, 5) is 4.57. The predicted molar refractivity (Wildman–Crippen MR) is 98.2 cm³/mol. The van der Waals surface area contributed by atoms with Gasteiger partial charge in [-0.15, -0.1) is 12.4 Å². The highest BCUT2D eigenvalue weighted by Gasteiger charge is 2.37. The van der Waals surface area contributed by atoms with Crippen LogP contribution in [0.2, 0.25) is 0 Å². The van der Waals surface area contributed by atoms with Crippen LogP contribution in [0.3, 0.4) is 0 Å². The lowest BCUT2D eigenvalue weighted by atomic mass is 9.98. The third-order valence-electron chi connectivity index (χ3n) is 4.32. The Morgan fingerprint density at radius 2 is 1.92 bits per heavy atom. The summed E-state index contributed by atoms with van der Waals surface area (Å²) >= 11 is 3.50. The Morgan fingerprint density at radius 1 is 1.25 bits per heavy atom. The van der Waals surface area contributed by atoms with Gasteiger partial charge in [-0.2, -0.15) is 4.98 Å². The van der Waals surface area contributed by atoms with E-state index in [0.717, 1.165) is 35.9 Å². The lowest BCUT2D eigenvalue weighted by molar-refractivity contribution is 0.113. The number of aromatic nitrogens is 2. The van der Waals surface area contributed by atoms with Crippen molar-refractivity contribution in [3.05, 3.63) is 40.5 Å². The Kier molecular flexibility index (Phi) is 6.28. The largest absolute Gasteiger partial charge is 0.479 e. The van der Waals surface area contributed by atoms with Crippen LogP contribution in [0.25, 0.3) is 0 Å². The molecule has 0 radical (unpaired) electrons. The molecule has 1 aromatic carbocycles. The molecule has 1 atom stereocenters. The Morgan fingerprint density at radius 3 is 2.54 bits per heavy atom. The average Bonchev–Trinajstić information content (AvgIpc) is 3.16. The standard InChI is InChI=1S/C17H22BrN3O2.ClH/c1-11(2)14(22-13-8-4-3-7-12(13)18)15-20-16(21-23-15)17(19)9-5-6-10-17;/h3-4,7-8,11,14H,5-6,9-10,19H2,1-2H3;1H. The van der Waals surface area contributed by atoms with Crippen LogP contribution in [0.4, 0.5) is 0 Å². The van der Waals surface area contributed by atoms with Crippen LogP contribution in [-0.2, 0) is 5.54 Å². The van der Waals surface area contributed by atoms with Crippen LogP contribution in [-0.4, -0.2) is 10.1 Å². The first-order chi connectivity index (χ1) is 11.0. The van der Waals surface area contributed by atoms with E-state index in [1.54, 1.807) is 0 Å². The van der Waals surface area contributed by atoms with E-state index in [2.05, 4.69) is 39.9 Å². The molecule has 1 aromatic heterocycles. The summed E-state index contributed by atoms with van der Waals surface area (Å²) in [6.07, 6.45) is 3.73. The normalized spacial score (nSPS) is 17.5. The summed E-state index contributed by atoms with van der Waals surface area (Å²) in [5.41, 5.74) is 5.97. The number of para-hydroxylation sites is 1. The fraction of sp³-hybridized carbons (Fsp3) is 0.529. The van der Waals surface area contributed by atoms with Crippen LogP contribution in [0.5, 0.6) is 5.75 Å². The Labute approximate surface area is 156 Å². The minimum Gasteiger partial charge on any atom is -0.479 e. The molecular formula is C17H23BrClN3O2. The van der Waals surface area contributed by atoms with Crippen molar-refractivity contribution in [1.29, 1.82) is 0 Å². The number of hydrogen-bond acceptors (Lipinski definition) is 5. The number of hydrogen-bond donors (Lipinski definition) is 1. The van der Waals surface area contributed by atoms with Gasteiger partial charge in [-0.25, -0.2) is 0 Å². The van der Waals surface area contributed by atoms with E-state index in [0.29, 0.717) is 11.7 Å². The van der Waals surface area contributed by atoms with Crippen molar-refractivity contribution >= 4 is 28.3 Å². The van der Waals surface area contributed by atoms with E-state index in [1.807, 2.05) is 24.3 Å². The predicted octanol–water partition coefficient (Wildman–Crippen LogP) is 4.76. The monoisotopic (exact) mass is 415 g/mol. The summed E-state index contributed by atoms with van der Waals surface area (Å²) in [5.74, 6) is 2.04. The second-order valence-electron chi connectivity index (χ2n) is 6.53. The fourth-order valence-corrected chi connectivity index (χ4v) is 3.31. The molecule has 0 aliphatic heterocycles. The Hall–Kier alpha value is -1.11. The molecule has 2 N–H and O–H groups in total. The molecule has 7 heteroatoms. The molecule has 5 nitrogen and oxygen atoms in total. The number of benzene rings is 1. The maximum atomic E-state index is 6.41. The maximum absolute atomic E-state index is 6.41. The first kappa shape index (κ1) is 19.2. The lowest BCUT2D eigenvalue weighted by Crippen LogP contribution is -2.34. The molecule has 0 saturated heterocycles. The smallest absolute Gasteiger partial charge is 0.268 e. The van der Waals surface area contributed by atoms with Gasteiger partial charge in [0.05, 0.1) is 10.0 Å². The summed E-state index contributed by atoms with van der Waals surface area (Å²) in [7, 11) is 0. The van der Waals surface area contributed by atoms with Gasteiger partial charge in [-0.1, -0.05) is 44.0 Å². The van der Waals surface area contributed by atoms with Crippen LogP contribution in [0.1, 0.15) is 57.3 Å². The zero-order valence-corrected chi connectivity index (χ0v) is 16.3. The Balaban J connectivity index is 0.00000208. The molecule has 1 fully saturated rings. The molecule has 2 aromatic rings. The van der Waals surface area contributed by atoms with E-state index in [9.17, 15) is 0 Å². The highest BCUT2D eigenvalue weighted by molar-refractivity contribution is 9.10. The third-order valence-corrected chi connectivity index (χ3v) is 4.98. The van der Waals surface area contributed by atoms with Crippen LogP contribution in [0.15, 0.2) is 33.3 Å². The van der Waals surface area contributed by atoms with E-state index in [-0.39, 0.29) is 24.4 Å². The molecule has 0 amide bonds. The number of nitrogens with zero attached hydrogens (tertiary/aromatic N) is 2. The second kappa shape index (κ2) is 7.85. The molecule has 1 heterocycles. The molecule has 3 rings (SSSR count). The van der Waals surface area contributed by atoms with Gasteiger partial charge in [-0.3, -0.25) is 0 Å². The molecule has 1 unspecified atom stereocenters. The number of nitrogens with two attached hydrogens (primary N) is 1. The molecule has 24 heavy (non-hydrogen) atoms. The quantitative estimate of drug-likeness (QED) is 0.760. The van der Waals surface area contributed by atoms with Gasteiger partial charge < -0.3 is 15.0 Å². The SMILES string of the molecule is CC(C)C(Oc1ccccc1Br)c1nc(C2(N)CCCC2)no1.Cl. The first-order valence-corrected chi connectivity index (χ1v) is 8.83. The number of halogens is 2. The van der Waals surface area contributed by atoms with Gasteiger partial charge >= 0.3 is 0 Å². The zero-order chi connectivity index (χ0) is 16.4. The van der Waals surface area contributed by atoms with Crippen molar-refractivity contribution in [3.8, 4) is 5.75 Å². The number of rotatable bonds is 5. The topological polar surface area (TPSA) is 74.2 Å². The maximum Gasteiger partial charge on any atom is 0.268 e. The van der Waals surface area contributed by atoms with E-state index >= 15 is 0 Å². The van der Waals surface area contributed by atoms with E-state index in [4.69, 9.17) is 15.0 Å². The molecule has 1 aliphatic carbocycles. The van der Waals surface area contributed by atoms with Crippen molar-refractivity contribution in [2.45, 2.75) is 51.2 Å². The second-order valence-corrected chi connectivity index (χ2v) is 7.39. The van der Waals surface area contributed by atoms with Gasteiger partial charge in [0, 0.05) is 0 Å². The van der Waals surface area contributed by atoms with Gasteiger partial charge in [-0.05, 0) is 46.8 Å². The third kappa shape index (κ3) is 3.92. The lowest BCUT2D eigenvalue weighted by Gasteiger charge is -2.20. The average molecular weight is 417 g/mol. The number of ether oxygens (including phenoxy) is 1. The van der Waals surface area contributed by atoms with E-state index < -0.39 is 5.54 Å². The highest BCUT2D eigenvalue weighted by atomic mass is 79.9. The molecule has 0 spiro atoms. The highest BCUT2D eigenvalue weighted by Crippen LogP contribution is 2.37. The van der Waals surface area contributed by atoms with Crippen LogP contribution in [0, 0.1) is 5.92 Å². The van der Waals surface area contributed by atoms with Crippen molar-refractivity contribution < 1.29 is 9.26 Å².